The molecule has 128 valence electrons. The van der Waals surface area contributed by atoms with Crippen molar-refractivity contribution in [2.24, 2.45) is 0 Å². The third-order valence-electron chi connectivity index (χ3n) is 3.34. The summed E-state index contributed by atoms with van der Waals surface area (Å²) in [5.74, 6) is 0.352. The minimum atomic E-state index is 0.352. The standard InChI is InChI=1S/C9H12N4.2C5H5N/c1-2-7(8-3-5-10-12-8)9-4-6-11-13-9;2*1-2-4-6-5-3-1/h3-7H,2H2,1H3,(H,10,12)(H,11,13);2*1-5H. The molecule has 6 heteroatoms. The van der Waals surface area contributed by atoms with Crippen LogP contribution in [-0.2, 0) is 0 Å². The minimum absolute atomic E-state index is 0.352. The van der Waals surface area contributed by atoms with E-state index >= 15 is 0 Å². The molecule has 4 aromatic heterocycles. The topological polar surface area (TPSA) is 83.1 Å². The molecule has 0 aliphatic heterocycles. The van der Waals surface area contributed by atoms with Crippen LogP contribution in [0.3, 0.4) is 0 Å². The Labute approximate surface area is 147 Å². The lowest BCUT2D eigenvalue weighted by atomic mass is 9.99. The fourth-order valence-corrected chi connectivity index (χ4v) is 2.15. The molecule has 0 fully saturated rings. The fraction of sp³-hybridized carbons (Fsp3) is 0.158. The zero-order valence-electron chi connectivity index (χ0n) is 14.2. The van der Waals surface area contributed by atoms with E-state index in [1.807, 2.05) is 48.5 Å². The lowest BCUT2D eigenvalue weighted by Crippen LogP contribution is -2.00. The van der Waals surface area contributed by atoms with E-state index in [0.29, 0.717) is 5.92 Å². The summed E-state index contributed by atoms with van der Waals surface area (Å²) < 4.78 is 0. The number of nitrogens with zero attached hydrogens (tertiary/aromatic N) is 4. The van der Waals surface area contributed by atoms with Gasteiger partial charge in [0.25, 0.3) is 0 Å². The Kier molecular flexibility index (Phi) is 8.15. The Hall–Kier alpha value is -3.28. The quantitative estimate of drug-likeness (QED) is 0.596. The lowest BCUT2D eigenvalue weighted by Gasteiger charge is -2.09. The molecule has 2 N–H and O–H groups in total. The molecule has 0 aliphatic rings. The lowest BCUT2D eigenvalue weighted by molar-refractivity contribution is 0.715. The highest BCUT2D eigenvalue weighted by Crippen LogP contribution is 2.23. The zero-order valence-corrected chi connectivity index (χ0v) is 14.2. The summed E-state index contributed by atoms with van der Waals surface area (Å²) in [6, 6.07) is 15.4. The molecule has 4 heterocycles. The molecule has 0 radical (unpaired) electrons. The summed E-state index contributed by atoms with van der Waals surface area (Å²) in [5, 5.41) is 13.8. The predicted molar refractivity (Wildman–Crippen MR) is 97.8 cm³/mol. The van der Waals surface area contributed by atoms with Crippen molar-refractivity contribution in [1.29, 1.82) is 0 Å². The average Bonchev–Trinajstić information content (AvgIpc) is 3.41. The van der Waals surface area contributed by atoms with Gasteiger partial charge in [0.15, 0.2) is 0 Å². The van der Waals surface area contributed by atoms with Crippen molar-refractivity contribution < 1.29 is 0 Å². The summed E-state index contributed by atoms with van der Waals surface area (Å²) in [7, 11) is 0. The van der Waals surface area contributed by atoms with Gasteiger partial charge in [-0.2, -0.15) is 10.2 Å². The molecule has 0 saturated carbocycles. The number of aromatic amines is 2. The number of hydrogen-bond acceptors (Lipinski definition) is 4. The smallest absolute Gasteiger partial charge is 0.0490 e. The van der Waals surface area contributed by atoms with Crippen LogP contribution in [0.4, 0.5) is 0 Å². The summed E-state index contributed by atoms with van der Waals surface area (Å²) in [6.45, 7) is 2.15. The van der Waals surface area contributed by atoms with Crippen LogP contribution in [0.1, 0.15) is 30.7 Å². The summed E-state index contributed by atoms with van der Waals surface area (Å²) in [4.78, 5) is 7.57. The van der Waals surface area contributed by atoms with E-state index in [-0.39, 0.29) is 0 Å². The molecular weight excluding hydrogens is 312 g/mol. The number of H-pyrrole nitrogens is 2. The molecular formula is C19H22N6. The normalized spacial score (nSPS) is 9.52. The van der Waals surface area contributed by atoms with Gasteiger partial charge in [0, 0.05) is 54.5 Å². The largest absolute Gasteiger partial charge is 0.282 e. The van der Waals surface area contributed by atoms with Crippen LogP contribution in [0.25, 0.3) is 0 Å². The van der Waals surface area contributed by atoms with Gasteiger partial charge in [-0.15, -0.1) is 0 Å². The molecule has 6 nitrogen and oxygen atoms in total. The monoisotopic (exact) mass is 334 g/mol. The van der Waals surface area contributed by atoms with E-state index in [1.54, 1.807) is 37.2 Å². The van der Waals surface area contributed by atoms with Crippen LogP contribution < -0.4 is 0 Å². The highest BCUT2D eigenvalue weighted by Gasteiger charge is 2.13. The van der Waals surface area contributed by atoms with Gasteiger partial charge in [0.2, 0.25) is 0 Å². The van der Waals surface area contributed by atoms with Crippen LogP contribution in [-0.4, -0.2) is 30.4 Å². The molecule has 25 heavy (non-hydrogen) atoms. The molecule has 0 amide bonds. The van der Waals surface area contributed by atoms with E-state index in [2.05, 4.69) is 37.3 Å². The first kappa shape index (κ1) is 18.1. The van der Waals surface area contributed by atoms with Crippen molar-refractivity contribution in [2.45, 2.75) is 19.3 Å². The van der Waals surface area contributed by atoms with Crippen molar-refractivity contribution in [3.8, 4) is 0 Å². The third kappa shape index (κ3) is 6.78. The Morgan fingerprint density at radius 3 is 1.32 bits per heavy atom. The molecule has 0 unspecified atom stereocenters. The zero-order chi connectivity index (χ0) is 17.6. The van der Waals surface area contributed by atoms with Gasteiger partial charge in [0.1, 0.15) is 0 Å². The second-order valence-corrected chi connectivity index (χ2v) is 5.03. The second-order valence-electron chi connectivity index (χ2n) is 5.03. The molecule has 0 saturated heterocycles. The van der Waals surface area contributed by atoms with Crippen LogP contribution in [0.15, 0.2) is 85.7 Å². The number of pyridine rings is 2. The number of hydrogen-bond donors (Lipinski definition) is 2. The Morgan fingerprint density at radius 2 is 1.12 bits per heavy atom. The Bertz CT molecular complexity index is 620. The van der Waals surface area contributed by atoms with Gasteiger partial charge in [-0.1, -0.05) is 19.1 Å². The fourth-order valence-electron chi connectivity index (χ4n) is 2.15. The first-order valence-electron chi connectivity index (χ1n) is 8.10. The van der Waals surface area contributed by atoms with Crippen molar-refractivity contribution in [1.82, 2.24) is 30.4 Å². The van der Waals surface area contributed by atoms with E-state index in [4.69, 9.17) is 0 Å². The van der Waals surface area contributed by atoms with Gasteiger partial charge in [0.05, 0.1) is 0 Å². The molecule has 0 aromatic carbocycles. The molecule has 4 rings (SSSR count). The number of rotatable bonds is 3. The van der Waals surface area contributed by atoms with Gasteiger partial charge >= 0.3 is 0 Å². The van der Waals surface area contributed by atoms with E-state index in [0.717, 1.165) is 17.8 Å². The van der Waals surface area contributed by atoms with Gasteiger partial charge in [-0.25, -0.2) is 0 Å². The maximum absolute atomic E-state index is 3.94. The van der Waals surface area contributed by atoms with Crippen molar-refractivity contribution in [3.63, 3.8) is 0 Å². The molecule has 0 aliphatic carbocycles. The predicted octanol–water partition coefficient (Wildman–Crippen LogP) is 3.84. The van der Waals surface area contributed by atoms with E-state index in [1.165, 1.54) is 0 Å². The maximum Gasteiger partial charge on any atom is 0.0490 e. The summed E-state index contributed by atoms with van der Waals surface area (Å²) in [6.07, 6.45) is 11.6. The first-order chi connectivity index (χ1) is 12.4. The molecule has 0 bridgehead atoms. The first-order valence-corrected chi connectivity index (χ1v) is 8.10. The van der Waals surface area contributed by atoms with Crippen molar-refractivity contribution in [3.05, 3.63) is 97.1 Å². The second kappa shape index (κ2) is 11.3. The Balaban J connectivity index is 0.000000156. The number of aromatic nitrogens is 6. The molecule has 4 aromatic rings. The summed E-state index contributed by atoms with van der Waals surface area (Å²) in [5.41, 5.74) is 2.26. The maximum atomic E-state index is 3.94. The van der Waals surface area contributed by atoms with Gasteiger partial charge in [-0.3, -0.25) is 20.2 Å². The Morgan fingerprint density at radius 1 is 0.680 bits per heavy atom. The van der Waals surface area contributed by atoms with Crippen LogP contribution in [0, 0.1) is 0 Å². The van der Waals surface area contributed by atoms with Crippen molar-refractivity contribution >= 4 is 0 Å². The third-order valence-corrected chi connectivity index (χ3v) is 3.34. The van der Waals surface area contributed by atoms with E-state index in [9.17, 15) is 0 Å². The van der Waals surface area contributed by atoms with Crippen LogP contribution >= 0.6 is 0 Å². The molecule has 0 spiro atoms. The minimum Gasteiger partial charge on any atom is -0.282 e. The van der Waals surface area contributed by atoms with Crippen LogP contribution in [0.5, 0.6) is 0 Å². The highest BCUT2D eigenvalue weighted by atomic mass is 15.1. The van der Waals surface area contributed by atoms with Gasteiger partial charge < -0.3 is 0 Å². The molecule has 0 atom stereocenters. The SMILES string of the molecule is CCC(c1ccn[nH]1)c1ccn[nH]1.c1ccncc1.c1ccncc1. The van der Waals surface area contributed by atoms with E-state index < -0.39 is 0 Å². The average molecular weight is 334 g/mol. The van der Waals surface area contributed by atoms with Crippen LogP contribution in [0.2, 0.25) is 0 Å². The summed E-state index contributed by atoms with van der Waals surface area (Å²) >= 11 is 0. The number of nitrogens with one attached hydrogen (secondary N) is 2. The van der Waals surface area contributed by atoms with Crippen molar-refractivity contribution in [2.75, 3.05) is 0 Å². The highest BCUT2D eigenvalue weighted by molar-refractivity contribution is 5.19. The van der Waals surface area contributed by atoms with Gasteiger partial charge in [-0.05, 0) is 42.8 Å².